The summed E-state index contributed by atoms with van der Waals surface area (Å²) >= 11 is 0. The molecule has 0 heterocycles. The van der Waals surface area contributed by atoms with Crippen molar-refractivity contribution in [2.75, 3.05) is 24.6 Å². The summed E-state index contributed by atoms with van der Waals surface area (Å²) in [5.41, 5.74) is 0. The van der Waals surface area contributed by atoms with E-state index >= 15 is 0 Å². The van der Waals surface area contributed by atoms with Crippen LogP contribution in [-0.4, -0.2) is 100 Å². The van der Waals surface area contributed by atoms with Crippen LogP contribution in [0.25, 0.3) is 0 Å². The first-order valence-electron chi connectivity index (χ1n) is 15.3. The van der Waals surface area contributed by atoms with E-state index in [9.17, 15) is 35.5 Å². The zero-order valence-corrected chi connectivity index (χ0v) is 29.6. The fourth-order valence-corrected chi connectivity index (χ4v) is 4.70. The first-order valence-corrected chi connectivity index (χ1v) is 18.5. The van der Waals surface area contributed by atoms with E-state index in [1.807, 2.05) is 0 Å². The van der Waals surface area contributed by atoms with Crippen molar-refractivity contribution >= 4 is 69.8 Å². The Labute approximate surface area is 280 Å². The number of unbranched alkanes of at least 4 members (excludes halogenated alkanes) is 16. The second kappa shape index (κ2) is 31.4. The molecule has 0 atom stereocenters. The molecular formula is C28H56CaN2O8S2. The molecule has 0 radical (unpaired) electrons. The van der Waals surface area contributed by atoms with Crippen LogP contribution < -0.4 is 10.6 Å². The van der Waals surface area contributed by atoms with Crippen molar-refractivity contribution in [3.05, 3.63) is 0 Å². The van der Waals surface area contributed by atoms with Crippen molar-refractivity contribution in [1.29, 1.82) is 0 Å². The van der Waals surface area contributed by atoms with E-state index < -0.39 is 31.7 Å². The molecule has 0 saturated carbocycles. The van der Waals surface area contributed by atoms with Gasteiger partial charge in [0.25, 0.3) is 0 Å². The van der Waals surface area contributed by atoms with E-state index in [0.29, 0.717) is 12.8 Å². The predicted octanol–water partition coefficient (Wildman–Crippen LogP) is 4.76. The smallest absolute Gasteiger partial charge is 0.748 e. The Kier molecular flexibility index (Phi) is 34.9. The molecule has 0 bridgehead atoms. The molecule has 2 N–H and O–H groups in total. The van der Waals surface area contributed by atoms with Gasteiger partial charge >= 0.3 is 37.7 Å². The van der Waals surface area contributed by atoms with Gasteiger partial charge in [0.1, 0.15) is 0 Å². The molecule has 0 aromatic heterocycles. The van der Waals surface area contributed by atoms with Crippen LogP contribution in [0.4, 0.5) is 0 Å². The molecule has 0 aliphatic heterocycles. The molecule has 10 nitrogen and oxygen atoms in total. The van der Waals surface area contributed by atoms with E-state index in [4.69, 9.17) is 0 Å². The summed E-state index contributed by atoms with van der Waals surface area (Å²) in [6, 6.07) is 0. The Hall–Kier alpha value is 0.0197. The van der Waals surface area contributed by atoms with E-state index in [2.05, 4.69) is 24.5 Å². The van der Waals surface area contributed by atoms with Crippen molar-refractivity contribution in [2.45, 2.75) is 142 Å². The molecule has 240 valence electrons. The van der Waals surface area contributed by atoms with Crippen LogP contribution >= 0.6 is 0 Å². The predicted molar refractivity (Wildman–Crippen MR) is 165 cm³/mol. The largest absolute Gasteiger partial charge is 2.00 e. The molecule has 0 rings (SSSR count). The van der Waals surface area contributed by atoms with Gasteiger partial charge in [-0.2, -0.15) is 0 Å². The SMILES string of the molecule is CCCCCCCCCCCC(=O)NCCS(=O)(=O)[O-].CCCCCCCCCCCC(=O)NCCS(=O)(=O)[O-].[Ca+2]. The number of hydrogen-bond acceptors (Lipinski definition) is 8. The second-order valence-electron chi connectivity index (χ2n) is 10.4. The van der Waals surface area contributed by atoms with Gasteiger partial charge in [-0.15, -0.1) is 0 Å². The Morgan fingerprint density at radius 1 is 0.488 bits per heavy atom. The molecule has 41 heavy (non-hydrogen) atoms. The molecule has 0 saturated heterocycles. The molecule has 0 unspecified atom stereocenters. The van der Waals surface area contributed by atoms with Gasteiger partial charge in [-0.25, -0.2) is 16.8 Å². The fourth-order valence-electron chi connectivity index (χ4n) is 4.00. The topological polar surface area (TPSA) is 173 Å². The number of rotatable bonds is 26. The molecule has 0 spiro atoms. The van der Waals surface area contributed by atoms with Crippen LogP contribution in [0.15, 0.2) is 0 Å². The molecule has 13 heteroatoms. The number of carbonyl (C=O) groups excluding carboxylic acids is 2. The third-order valence-electron chi connectivity index (χ3n) is 6.36. The van der Waals surface area contributed by atoms with Gasteiger partial charge in [0.15, 0.2) is 0 Å². The molecule has 0 aromatic rings. The van der Waals surface area contributed by atoms with Crippen LogP contribution in [0.5, 0.6) is 0 Å². The summed E-state index contributed by atoms with van der Waals surface area (Å²) in [4.78, 5) is 22.7. The quantitative estimate of drug-likeness (QED) is 0.0765. The Balaban J connectivity index is -0.000000688. The van der Waals surface area contributed by atoms with Gasteiger partial charge in [-0.3, -0.25) is 9.59 Å². The van der Waals surface area contributed by atoms with Gasteiger partial charge in [-0.05, 0) is 12.8 Å². The van der Waals surface area contributed by atoms with Gasteiger partial charge < -0.3 is 19.7 Å². The van der Waals surface area contributed by atoms with Crippen molar-refractivity contribution in [1.82, 2.24) is 10.6 Å². The zero-order chi connectivity index (χ0) is 30.5. The van der Waals surface area contributed by atoms with E-state index in [1.165, 1.54) is 77.0 Å². The normalized spacial score (nSPS) is 11.2. The third kappa shape index (κ3) is 44.6. The van der Waals surface area contributed by atoms with Crippen molar-refractivity contribution in [3.63, 3.8) is 0 Å². The first-order chi connectivity index (χ1) is 18.9. The summed E-state index contributed by atoms with van der Waals surface area (Å²) in [5, 5.41) is 4.89. The van der Waals surface area contributed by atoms with Crippen LogP contribution in [-0.2, 0) is 29.8 Å². The summed E-state index contributed by atoms with van der Waals surface area (Å²) in [6.07, 6.45) is 22.2. The average Bonchev–Trinajstić information content (AvgIpc) is 2.85. The number of amides is 2. The Morgan fingerprint density at radius 3 is 0.976 bits per heavy atom. The summed E-state index contributed by atoms with van der Waals surface area (Å²) < 4.78 is 62.0. The molecule has 2 amide bonds. The van der Waals surface area contributed by atoms with Gasteiger partial charge in [-0.1, -0.05) is 117 Å². The number of hydrogen-bond donors (Lipinski definition) is 2. The third-order valence-corrected chi connectivity index (χ3v) is 7.77. The standard InChI is InChI=1S/2C14H29NO4S.Ca/c2*1-2-3-4-5-6-7-8-9-10-11-14(16)15-12-13-20(17,18)19;/h2*2-13H2,1H3,(H,15,16)(H,17,18,19);/q;;+2/p-2. The second-order valence-corrected chi connectivity index (χ2v) is 13.4. The van der Waals surface area contributed by atoms with Crippen molar-refractivity contribution in [3.8, 4) is 0 Å². The van der Waals surface area contributed by atoms with Gasteiger partial charge in [0.05, 0.1) is 31.7 Å². The minimum atomic E-state index is -4.23. The number of carbonyl (C=O) groups is 2. The summed E-state index contributed by atoms with van der Waals surface area (Å²) in [7, 11) is -8.45. The van der Waals surface area contributed by atoms with Crippen LogP contribution in [0.1, 0.15) is 142 Å². The fraction of sp³-hybridized carbons (Fsp3) is 0.929. The monoisotopic (exact) mass is 652 g/mol. The minimum Gasteiger partial charge on any atom is -0.748 e. The van der Waals surface area contributed by atoms with Gasteiger partial charge in [0.2, 0.25) is 11.8 Å². The minimum absolute atomic E-state index is 0. The average molecular weight is 653 g/mol. The van der Waals surface area contributed by atoms with Crippen molar-refractivity contribution in [2.24, 2.45) is 0 Å². The maximum absolute atomic E-state index is 11.3. The molecule has 0 aliphatic rings. The van der Waals surface area contributed by atoms with E-state index in [0.717, 1.165) is 38.5 Å². The van der Waals surface area contributed by atoms with Crippen LogP contribution in [0, 0.1) is 0 Å². The first kappa shape index (κ1) is 45.4. The Bertz CT molecular complexity index is 757. The number of nitrogens with one attached hydrogen (secondary N) is 2. The van der Waals surface area contributed by atoms with E-state index in [-0.39, 0.29) is 62.6 Å². The molecule has 0 fully saturated rings. The zero-order valence-electron chi connectivity index (χ0n) is 25.8. The molecular weight excluding hydrogens is 597 g/mol. The van der Waals surface area contributed by atoms with Crippen molar-refractivity contribution < 1.29 is 35.5 Å². The van der Waals surface area contributed by atoms with Crippen LogP contribution in [0.2, 0.25) is 0 Å². The summed E-state index contributed by atoms with van der Waals surface area (Å²) in [5.74, 6) is -1.40. The maximum atomic E-state index is 11.3. The molecule has 0 aromatic carbocycles. The Morgan fingerprint density at radius 2 is 0.732 bits per heavy atom. The van der Waals surface area contributed by atoms with E-state index in [1.54, 1.807) is 0 Å². The molecule has 0 aliphatic carbocycles. The maximum Gasteiger partial charge on any atom is 2.00 e. The van der Waals surface area contributed by atoms with Crippen LogP contribution in [0.3, 0.4) is 0 Å². The van der Waals surface area contributed by atoms with Gasteiger partial charge in [0, 0.05) is 25.9 Å². The summed E-state index contributed by atoms with van der Waals surface area (Å²) in [6.45, 7) is 4.25.